The third-order valence-corrected chi connectivity index (χ3v) is 5.47. The smallest absolute Gasteiger partial charge is 0.303 e. The van der Waals surface area contributed by atoms with Crippen LogP contribution in [0.4, 0.5) is 0 Å². The Balaban J connectivity index is 2.53. The summed E-state index contributed by atoms with van der Waals surface area (Å²) >= 11 is 0. The second kappa shape index (κ2) is 4.14. The van der Waals surface area contributed by atoms with Gasteiger partial charge >= 0.3 is 5.97 Å². The maximum absolute atomic E-state index is 12.1. The number of carboxylic acids is 1. The first-order chi connectivity index (χ1) is 7.93. The van der Waals surface area contributed by atoms with Gasteiger partial charge in [0.2, 0.25) is 0 Å². The van der Waals surface area contributed by atoms with Crippen LogP contribution in [0.2, 0.25) is 0 Å². The predicted octanol–water partition coefficient (Wildman–Crippen LogP) is 1.81. The van der Waals surface area contributed by atoms with Crippen molar-refractivity contribution in [3.8, 4) is 0 Å². The van der Waals surface area contributed by atoms with Crippen molar-refractivity contribution in [3.63, 3.8) is 0 Å². The highest BCUT2D eigenvalue weighted by atomic mass is 32.2. The van der Waals surface area contributed by atoms with E-state index in [0.29, 0.717) is 16.9 Å². The lowest BCUT2D eigenvalue weighted by molar-refractivity contribution is -0.137. The summed E-state index contributed by atoms with van der Waals surface area (Å²) in [5, 5.41) is 8.35. The Morgan fingerprint density at radius 3 is 2.71 bits per heavy atom. The van der Waals surface area contributed by atoms with Crippen LogP contribution in [-0.2, 0) is 14.6 Å². The minimum atomic E-state index is -3.28. The number of sulfone groups is 1. The molecule has 1 N–H and O–H groups in total. The molecule has 1 aliphatic rings. The van der Waals surface area contributed by atoms with Crippen LogP contribution in [0.25, 0.3) is 0 Å². The van der Waals surface area contributed by atoms with E-state index in [2.05, 4.69) is 0 Å². The average molecular weight is 254 g/mol. The summed E-state index contributed by atoms with van der Waals surface area (Å²) in [7, 11) is -3.28. The lowest BCUT2D eigenvalue weighted by Gasteiger charge is -2.28. The number of fused-ring (bicyclic) bond motifs is 1. The Bertz CT molecular complexity index is 547. The molecule has 2 atom stereocenters. The quantitative estimate of drug-likeness (QED) is 0.873. The fourth-order valence-corrected chi connectivity index (χ4v) is 4.10. The van der Waals surface area contributed by atoms with E-state index in [-0.39, 0.29) is 12.3 Å². The summed E-state index contributed by atoms with van der Waals surface area (Å²) in [5.74, 6) is -1.10. The molecule has 1 aliphatic heterocycles. The van der Waals surface area contributed by atoms with Crippen LogP contribution in [0.5, 0.6) is 0 Å². The summed E-state index contributed by atoms with van der Waals surface area (Å²) < 4.78 is 24.2. The van der Waals surface area contributed by atoms with Gasteiger partial charge in [0.15, 0.2) is 9.84 Å². The van der Waals surface area contributed by atoms with E-state index < -0.39 is 21.1 Å². The number of aliphatic carboxylic acids is 1. The molecule has 92 valence electrons. The zero-order valence-electron chi connectivity index (χ0n) is 9.46. The van der Waals surface area contributed by atoms with Crippen LogP contribution in [0, 0.1) is 0 Å². The molecule has 1 aromatic carbocycles. The molecule has 17 heavy (non-hydrogen) atoms. The van der Waals surface area contributed by atoms with Gasteiger partial charge in [0.05, 0.1) is 16.6 Å². The van der Waals surface area contributed by atoms with Crippen LogP contribution in [0.1, 0.15) is 31.2 Å². The second-order valence-electron chi connectivity index (χ2n) is 4.42. The molecular weight excluding hydrogens is 240 g/mol. The number of carboxylic acid groups (broad SMARTS) is 1. The van der Waals surface area contributed by atoms with Crippen LogP contribution in [0.15, 0.2) is 29.2 Å². The van der Waals surface area contributed by atoms with E-state index in [0.717, 1.165) is 0 Å². The number of hydrogen-bond acceptors (Lipinski definition) is 3. The number of hydrogen-bond donors (Lipinski definition) is 1. The third-order valence-electron chi connectivity index (χ3n) is 3.23. The molecule has 0 fully saturated rings. The van der Waals surface area contributed by atoms with Crippen LogP contribution in [-0.4, -0.2) is 24.7 Å². The SMILES string of the molecule is CC1CC(CC(=O)O)c2ccccc2S1(=O)=O. The van der Waals surface area contributed by atoms with Crippen LogP contribution < -0.4 is 0 Å². The van der Waals surface area contributed by atoms with Crippen molar-refractivity contribution in [2.45, 2.75) is 35.8 Å². The largest absolute Gasteiger partial charge is 0.481 e. The van der Waals surface area contributed by atoms with Gasteiger partial charge < -0.3 is 5.11 Å². The van der Waals surface area contributed by atoms with Crippen molar-refractivity contribution in [1.29, 1.82) is 0 Å². The van der Waals surface area contributed by atoms with Gasteiger partial charge in [0, 0.05) is 0 Å². The Morgan fingerprint density at radius 2 is 2.06 bits per heavy atom. The Morgan fingerprint density at radius 1 is 1.41 bits per heavy atom. The van der Waals surface area contributed by atoms with E-state index in [1.165, 1.54) is 0 Å². The average Bonchev–Trinajstić information content (AvgIpc) is 2.26. The van der Waals surface area contributed by atoms with Crippen molar-refractivity contribution in [1.82, 2.24) is 0 Å². The monoisotopic (exact) mass is 254 g/mol. The third kappa shape index (κ3) is 2.07. The molecule has 0 bridgehead atoms. The minimum Gasteiger partial charge on any atom is -0.481 e. The summed E-state index contributed by atoms with van der Waals surface area (Å²) in [6.07, 6.45) is 0.364. The molecule has 2 rings (SSSR count). The van der Waals surface area contributed by atoms with Crippen molar-refractivity contribution in [3.05, 3.63) is 29.8 Å². The molecule has 4 nitrogen and oxygen atoms in total. The molecule has 0 spiro atoms. The van der Waals surface area contributed by atoms with E-state index in [1.54, 1.807) is 31.2 Å². The van der Waals surface area contributed by atoms with Crippen LogP contribution in [0.3, 0.4) is 0 Å². The topological polar surface area (TPSA) is 71.4 Å². The zero-order valence-corrected chi connectivity index (χ0v) is 10.3. The van der Waals surface area contributed by atoms with Crippen molar-refractivity contribution in [2.24, 2.45) is 0 Å². The number of carbonyl (C=O) groups is 1. The van der Waals surface area contributed by atoms with Gasteiger partial charge in [-0.15, -0.1) is 0 Å². The van der Waals surface area contributed by atoms with Gasteiger partial charge in [-0.2, -0.15) is 0 Å². The highest BCUT2D eigenvalue weighted by Crippen LogP contribution is 2.39. The molecule has 0 saturated carbocycles. The van der Waals surface area contributed by atoms with Crippen LogP contribution >= 0.6 is 0 Å². The Kier molecular flexibility index (Phi) is 2.95. The fourth-order valence-electron chi connectivity index (χ4n) is 2.35. The summed E-state index contributed by atoms with van der Waals surface area (Å²) in [4.78, 5) is 11.1. The number of benzene rings is 1. The van der Waals surface area contributed by atoms with E-state index in [1.807, 2.05) is 0 Å². The first kappa shape index (κ1) is 12.1. The van der Waals surface area contributed by atoms with E-state index in [9.17, 15) is 13.2 Å². The molecule has 0 aliphatic carbocycles. The van der Waals surface area contributed by atoms with Crippen molar-refractivity contribution >= 4 is 15.8 Å². The highest BCUT2D eigenvalue weighted by Gasteiger charge is 2.36. The minimum absolute atomic E-state index is 0.0170. The van der Waals surface area contributed by atoms with Gasteiger partial charge in [0.25, 0.3) is 0 Å². The maximum atomic E-state index is 12.1. The standard InChI is InChI=1S/C12H14O4S/c1-8-6-9(7-12(13)14)10-4-2-3-5-11(10)17(8,15)16/h2-5,8-9H,6-7H2,1H3,(H,13,14). The van der Waals surface area contributed by atoms with Gasteiger partial charge in [-0.3, -0.25) is 4.79 Å². The lowest BCUT2D eigenvalue weighted by Crippen LogP contribution is -2.28. The molecule has 0 radical (unpaired) electrons. The molecular formula is C12H14O4S. The van der Waals surface area contributed by atoms with Gasteiger partial charge in [-0.05, 0) is 30.9 Å². The normalized spacial score (nSPS) is 26.2. The summed E-state index contributed by atoms with van der Waals surface area (Å²) in [6.45, 7) is 1.64. The van der Waals surface area contributed by atoms with Gasteiger partial charge in [-0.25, -0.2) is 8.42 Å². The molecule has 0 saturated heterocycles. The molecule has 0 aromatic heterocycles. The van der Waals surface area contributed by atoms with Crippen molar-refractivity contribution < 1.29 is 18.3 Å². The maximum Gasteiger partial charge on any atom is 0.303 e. The van der Waals surface area contributed by atoms with E-state index >= 15 is 0 Å². The second-order valence-corrected chi connectivity index (χ2v) is 6.76. The van der Waals surface area contributed by atoms with E-state index in [4.69, 9.17) is 5.11 Å². The molecule has 0 amide bonds. The first-order valence-corrected chi connectivity index (χ1v) is 7.02. The lowest BCUT2D eigenvalue weighted by atomic mass is 9.91. The predicted molar refractivity (Wildman–Crippen MR) is 62.7 cm³/mol. The Labute approximate surface area is 100 Å². The Hall–Kier alpha value is -1.36. The van der Waals surface area contributed by atoms with Gasteiger partial charge in [-0.1, -0.05) is 18.2 Å². The summed E-state index contributed by atoms with van der Waals surface area (Å²) in [6, 6.07) is 6.70. The molecule has 5 heteroatoms. The zero-order chi connectivity index (χ0) is 12.6. The first-order valence-electron chi connectivity index (χ1n) is 5.47. The van der Waals surface area contributed by atoms with Crippen molar-refractivity contribution in [2.75, 3.05) is 0 Å². The number of rotatable bonds is 2. The molecule has 1 heterocycles. The molecule has 1 aromatic rings. The fraction of sp³-hybridized carbons (Fsp3) is 0.417. The highest BCUT2D eigenvalue weighted by molar-refractivity contribution is 7.92. The summed E-state index contributed by atoms with van der Waals surface area (Å²) in [5.41, 5.74) is 0.646. The van der Waals surface area contributed by atoms with Gasteiger partial charge in [0.1, 0.15) is 0 Å². The molecule has 2 unspecified atom stereocenters.